The van der Waals surface area contributed by atoms with Gasteiger partial charge in [0.2, 0.25) is 0 Å². The molecular formula is C28H23N3O3. The van der Waals surface area contributed by atoms with Crippen molar-refractivity contribution in [2.45, 2.75) is 18.8 Å². The minimum Gasteiger partial charge on any atom is -0.497 e. The third-order valence-electron chi connectivity index (χ3n) is 5.88. The van der Waals surface area contributed by atoms with E-state index in [-0.39, 0.29) is 18.1 Å². The number of aromatic nitrogens is 1. The number of carbonyl (C=O) groups excluding carboxylic acids is 1. The SMILES string of the molecule is COc1ccc(-c2cc(C3CC(=O)/C(c4ccccc4)=N\N=C(\c4ccccc4)C3)on2)cc1. The Morgan fingerprint density at radius 3 is 2.15 bits per heavy atom. The van der Waals surface area contributed by atoms with Gasteiger partial charge in [0.1, 0.15) is 22.9 Å². The predicted molar refractivity (Wildman–Crippen MR) is 131 cm³/mol. The number of carbonyl (C=O) groups is 1. The highest BCUT2D eigenvalue weighted by Crippen LogP contribution is 2.32. The number of hydrogen-bond acceptors (Lipinski definition) is 6. The van der Waals surface area contributed by atoms with E-state index < -0.39 is 0 Å². The highest BCUT2D eigenvalue weighted by molar-refractivity contribution is 6.46. The van der Waals surface area contributed by atoms with Gasteiger partial charge in [0, 0.05) is 36.0 Å². The van der Waals surface area contributed by atoms with Crippen LogP contribution in [0, 0.1) is 0 Å². The molecule has 1 atom stereocenters. The summed E-state index contributed by atoms with van der Waals surface area (Å²) in [6.07, 6.45) is 0.759. The molecule has 0 amide bonds. The molecule has 0 saturated carbocycles. The molecule has 168 valence electrons. The van der Waals surface area contributed by atoms with Gasteiger partial charge in [-0.05, 0) is 29.8 Å². The first kappa shape index (κ1) is 21.5. The summed E-state index contributed by atoms with van der Waals surface area (Å²) in [5.74, 6) is 1.13. The van der Waals surface area contributed by atoms with Crippen LogP contribution in [-0.2, 0) is 4.79 Å². The summed E-state index contributed by atoms with van der Waals surface area (Å²) < 4.78 is 11.0. The Labute approximate surface area is 197 Å². The third-order valence-corrected chi connectivity index (χ3v) is 5.88. The monoisotopic (exact) mass is 449 g/mol. The van der Waals surface area contributed by atoms with Crippen molar-refractivity contribution >= 4 is 17.2 Å². The van der Waals surface area contributed by atoms with E-state index >= 15 is 0 Å². The maximum atomic E-state index is 13.3. The Bertz CT molecular complexity index is 1340. The molecule has 2 heterocycles. The molecule has 1 aliphatic heterocycles. The van der Waals surface area contributed by atoms with Crippen LogP contribution >= 0.6 is 0 Å². The molecule has 0 spiro atoms. The molecule has 1 aliphatic rings. The van der Waals surface area contributed by atoms with Crippen molar-refractivity contribution in [2.24, 2.45) is 10.2 Å². The van der Waals surface area contributed by atoms with Crippen LogP contribution in [0.2, 0.25) is 0 Å². The molecule has 1 aromatic heterocycles. The Balaban J connectivity index is 1.51. The van der Waals surface area contributed by atoms with Crippen molar-refractivity contribution < 1.29 is 14.1 Å². The van der Waals surface area contributed by atoms with Gasteiger partial charge in [0.25, 0.3) is 0 Å². The zero-order valence-corrected chi connectivity index (χ0v) is 18.7. The number of Topliss-reactive ketones (excluding diaryl/α,β-unsaturated/α-hetero) is 1. The molecule has 3 aromatic carbocycles. The smallest absolute Gasteiger partial charge is 0.184 e. The maximum absolute atomic E-state index is 13.3. The number of hydrogen-bond donors (Lipinski definition) is 0. The third kappa shape index (κ3) is 4.57. The Kier molecular flexibility index (Phi) is 6.12. The molecule has 0 bridgehead atoms. The van der Waals surface area contributed by atoms with Crippen molar-refractivity contribution in [3.8, 4) is 17.0 Å². The van der Waals surface area contributed by atoms with Gasteiger partial charge in [-0.25, -0.2) is 0 Å². The lowest BCUT2D eigenvalue weighted by atomic mass is 9.88. The average Bonchev–Trinajstić information content (AvgIpc) is 3.38. The normalized spacial score (nSPS) is 19.3. The fraction of sp³-hybridized carbons (Fsp3) is 0.143. The molecule has 6 heteroatoms. The van der Waals surface area contributed by atoms with E-state index in [4.69, 9.17) is 9.26 Å². The molecule has 0 N–H and O–H groups in total. The lowest BCUT2D eigenvalue weighted by Crippen LogP contribution is -2.22. The molecule has 0 radical (unpaired) electrons. The highest BCUT2D eigenvalue weighted by Gasteiger charge is 2.28. The second kappa shape index (κ2) is 9.67. The Morgan fingerprint density at radius 2 is 1.47 bits per heavy atom. The van der Waals surface area contributed by atoms with E-state index in [1.54, 1.807) is 7.11 Å². The number of nitrogens with zero attached hydrogens (tertiary/aromatic N) is 3. The van der Waals surface area contributed by atoms with Gasteiger partial charge >= 0.3 is 0 Å². The fourth-order valence-corrected chi connectivity index (χ4v) is 4.03. The van der Waals surface area contributed by atoms with E-state index in [0.717, 1.165) is 28.2 Å². The summed E-state index contributed by atoms with van der Waals surface area (Å²) >= 11 is 0. The van der Waals surface area contributed by atoms with E-state index in [2.05, 4.69) is 15.4 Å². The first-order valence-electron chi connectivity index (χ1n) is 11.1. The minimum atomic E-state index is -0.222. The minimum absolute atomic E-state index is 0.0746. The van der Waals surface area contributed by atoms with Crippen LogP contribution in [0.15, 0.2) is 106 Å². The highest BCUT2D eigenvalue weighted by atomic mass is 16.5. The van der Waals surface area contributed by atoms with Gasteiger partial charge in [-0.2, -0.15) is 5.10 Å². The van der Waals surface area contributed by atoms with Crippen molar-refractivity contribution in [2.75, 3.05) is 7.11 Å². The van der Waals surface area contributed by atoms with Crippen LogP contribution in [0.3, 0.4) is 0 Å². The number of methoxy groups -OCH3 is 1. The maximum Gasteiger partial charge on any atom is 0.184 e. The van der Waals surface area contributed by atoms with Crippen LogP contribution in [0.5, 0.6) is 5.75 Å². The Morgan fingerprint density at radius 1 is 0.794 bits per heavy atom. The molecule has 4 aromatic rings. The molecule has 1 unspecified atom stereocenters. The lowest BCUT2D eigenvalue weighted by Gasteiger charge is -2.17. The second-order valence-electron chi connectivity index (χ2n) is 8.10. The quantitative estimate of drug-likeness (QED) is 0.392. The predicted octanol–water partition coefficient (Wildman–Crippen LogP) is 5.69. The molecule has 6 nitrogen and oxygen atoms in total. The van der Waals surface area contributed by atoms with Crippen LogP contribution in [-0.4, -0.2) is 29.5 Å². The van der Waals surface area contributed by atoms with Gasteiger partial charge in [-0.15, -0.1) is 5.10 Å². The van der Waals surface area contributed by atoms with Gasteiger partial charge in [0.15, 0.2) is 5.78 Å². The zero-order valence-electron chi connectivity index (χ0n) is 18.7. The molecule has 5 rings (SSSR count). The van der Waals surface area contributed by atoms with Crippen LogP contribution in [0.25, 0.3) is 11.3 Å². The Hall–Kier alpha value is -4.32. The van der Waals surface area contributed by atoms with Crippen molar-refractivity contribution in [3.63, 3.8) is 0 Å². The topological polar surface area (TPSA) is 77.0 Å². The molecule has 0 aliphatic carbocycles. The largest absolute Gasteiger partial charge is 0.497 e. The summed E-state index contributed by atoms with van der Waals surface area (Å²) in [5, 5.41) is 13.2. The van der Waals surface area contributed by atoms with Crippen molar-refractivity contribution in [1.82, 2.24) is 5.16 Å². The molecule has 34 heavy (non-hydrogen) atoms. The number of rotatable bonds is 5. The standard InChI is InChI=1S/C28H23N3O3/c1-33-23-14-12-20(13-15-23)25-18-27(34-31-25)22-16-24(19-8-4-2-5-9-19)29-30-28(26(32)17-22)21-10-6-3-7-11-21/h2-15,18,22H,16-17H2,1H3/b29-24+,30-28-. The van der Waals surface area contributed by atoms with Gasteiger partial charge < -0.3 is 9.26 Å². The first-order valence-corrected chi connectivity index (χ1v) is 11.1. The van der Waals surface area contributed by atoms with Crippen molar-refractivity contribution in [1.29, 1.82) is 0 Å². The van der Waals surface area contributed by atoms with Crippen LogP contribution in [0.1, 0.15) is 35.6 Å². The molecular weight excluding hydrogens is 426 g/mol. The van der Waals surface area contributed by atoms with E-state index in [9.17, 15) is 4.79 Å². The van der Waals surface area contributed by atoms with E-state index in [1.807, 2.05) is 91.0 Å². The number of benzene rings is 3. The lowest BCUT2D eigenvalue weighted by molar-refractivity contribution is -0.113. The average molecular weight is 450 g/mol. The number of ether oxygens (including phenoxy) is 1. The molecule has 0 saturated heterocycles. The summed E-state index contributed by atoms with van der Waals surface area (Å²) in [6, 6.07) is 28.9. The zero-order chi connectivity index (χ0) is 23.3. The first-order chi connectivity index (χ1) is 16.7. The summed E-state index contributed by atoms with van der Waals surface area (Å²) in [4.78, 5) is 13.3. The summed E-state index contributed by atoms with van der Waals surface area (Å²) in [5.41, 5.74) is 4.50. The summed E-state index contributed by atoms with van der Waals surface area (Å²) in [7, 11) is 1.63. The van der Waals surface area contributed by atoms with Crippen molar-refractivity contribution in [3.05, 3.63) is 108 Å². The van der Waals surface area contributed by atoms with Crippen LogP contribution < -0.4 is 4.74 Å². The van der Waals surface area contributed by atoms with Gasteiger partial charge in [-0.3, -0.25) is 4.79 Å². The van der Waals surface area contributed by atoms with Gasteiger partial charge in [-0.1, -0.05) is 65.8 Å². The van der Waals surface area contributed by atoms with Gasteiger partial charge in [0.05, 0.1) is 12.8 Å². The molecule has 0 fully saturated rings. The van der Waals surface area contributed by atoms with Crippen LogP contribution in [0.4, 0.5) is 0 Å². The van der Waals surface area contributed by atoms with E-state index in [0.29, 0.717) is 23.6 Å². The second-order valence-corrected chi connectivity index (χ2v) is 8.10. The van der Waals surface area contributed by atoms with E-state index in [1.165, 1.54) is 0 Å². The number of ketones is 1. The summed E-state index contributed by atoms with van der Waals surface area (Å²) in [6.45, 7) is 0. The fourth-order valence-electron chi connectivity index (χ4n) is 4.03.